The lowest BCUT2D eigenvalue weighted by atomic mass is 10.1. The lowest BCUT2D eigenvalue weighted by molar-refractivity contribution is -0.122. The molecule has 2 aromatic rings. The number of halogens is 2. The average molecular weight is 364 g/mol. The van der Waals surface area contributed by atoms with Gasteiger partial charge in [0.15, 0.2) is 0 Å². The topological polar surface area (TPSA) is 58.2 Å². The molecule has 0 atom stereocenters. The summed E-state index contributed by atoms with van der Waals surface area (Å²) in [6, 6.07) is 10.5. The fourth-order valence-electron chi connectivity index (χ4n) is 2.11. The first-order chi connectivity index (χ1) is 12.0. The molecule has 2 amide bonds. The number of carbonyl (C=O) groups is 2. The Hall–Kier alpha value is -2.41. The van der Waals surface area contributed by atoms with Crippen molar-refractivity contribution in [3.63, 3.8) is 0 Å². The molecule has 0 fully saturated rings. The first-order valence-electron chi connectivity index (χ1n) is 7.72. The van der Waals surface area contributed by atoms with Crippen LogP contribution in [0.15, 0.2) is 47.4 Å². The third-order valence-electron chi connectivity index (χ3n) is 3.37. The number of anilines is 1. The molecule has 0 aromatic heterocycles. The van der Waals surface area contributed by atoms with Gasteiger partial charge in [-0.05, 0) is 36.2 Å². The smallest absolute Gasteiger partial charge is 0.243 e. The number of para-hydroxylation sites is 1. The molecule has 0 spiro atoms. The second-order valence-electron chi connectivity index (χ2n) is 5.20. The summed E-state index contributed by atoms with van der Waals surface area (Å²) in [4.78, 5) is 23.7. The van der Waals surface area contributed by atoms with Crippen molar-refractivity contribution in [1.29, 1.82) is 0 Å². The SMILES string of the molecule is CCc1ccccc1NC(=O)CNC(=O)CSc1cc(F)ccc1F. The second-order valence-corrected chi connectivity index (χ2v) is 6.22. The van der Waals surface area contributed by atoms with E-state index >= 15 is 0 Å². The molecule has 2 N–H and O–H groups in total. The average Bonchev–Trinajstić information content (AvgIpc) is 2.61. The van der Waals surface area contributed by atoms with Crippen LogP contribution in [-0.2, 0) is 16.0 Å². The van der Waals surface area contributed by atoms with Gasteiger partial charge in [0.2, 0.25) is 11.8 Å². The summed E-state index contributed by atoms with van der Waals surface area (Å²) in [5.41, 5.74) is 1.71. The maximum atomic E-state index is 13.5. The van der Waals surface area contributed by atoms with E-state index in [1.165, 1.54) is 0 Å². The first-order valence-corrected chi connectivity index (χ1v) is 8.70. The molecule has 0 unspecified atom stereocenters. The van der Waals surface area contributed by atoms with Gasteiger partial charge >= 0.3 is 0 Å². The lowest BCUT2D eigenvalue weighted by Gasteiger charge is -2.10. The van der Waals surface area contributed by atoms with Crippen LogP contribution in [0.3, 0.4) is 0 Å². The van der Waals surface area contributed by atoms with Crippen molar-refractivity contribution < 1.29 is 18.4 Å². The lowest BCUT2D eigenvalue weighted by Crippen LogP contribution is -2.34. The van der Waals surface area contributed by atoms with Crippen LogP contribution in [0.25, 0.3) is 0 Å². The molecule has 2 aromatic carbocycles. The number of carbonyl (C=O) groups excluding carboxylic acids is 2. The number of hydrogen-bond donors (Lipinski definition) is 2. The molecule has 0 saturated carbocycles. The molecule has 2 rings (SSSR count). The maximum Gasteiger partial charge on any atom is 0.243 e. The van der Waals surface area contributed by atoms with Gasteiger partial charge in [0, 0.05) is 10.6 Å². The van der Waals surface area contributed by atoms with Crippen LogP contribution >= 0.6 is 11.8 Å². The number of nitrogens with one attached hydrogen (secondary N) is 2. The Morgan fingerprint density at radius 2 is 1.84 bits per heavy atom. The normalized spacial score (nSPS) is 10.4. The number of aryl methyl sites for hydroxylation is 1. The van der Waals surface area contributed by atoms with E-state index in [0.717, 1.165) is 41.9 Å². The highest BCUT2D eigenvalue weighted by Crippen LogP contribution is 2.22. The van der Waals surface area contributed by atoms with Gasteiger partial charge in [0.25, 0.3) is 0 Å². The van der Waals surface area contributed by atoms with Crippen molar-refractivity contribution in [3.05, 3.63) is 59.7 Å². The molecule has 0 aliphatic heterocycles. The highest BCUT2D eigenvalue weighted by molar-refractivity contribution is 8.00. The molecule has 4 nitrogen and oxygen atoms in total. The second kappa shape index (κ2) is 9.17. The number of benzene rings is 2. The van der Waals surface area contributed by atoms with Crippen LogP contribution in [0.4, 0.5) is 14.5 Å². The van der Waals surface area contributed by atoms with E-state index < -0.39 is 17.5 Å². The van der Waals surface area contributed by atoms with E-state index in [9.17, 15) is 18.4 Å². The predicted octanol–water partition coefficient (Wildman–Crippen LogP) is 3.37. The van der Waals surface area contributed by atoms with Gasteiger partial charge in [-0.25, -0.2) is 8.78 Å². The molecule has 0 saturated heterocycles. The minimum Gasteiger partial charge on any atom is -0.346 e. The van der Waals surface area contributed by atoms with Crippen LogP contribution in [0, 0.1) is 11.6 Å². The van der Waals surface area contributed by atoms with Gasteiger partial charge in [0.1, 0.15) is 11.6 Å². The molecule has 0 radical (unpaired) electrons. The fraction of sp³-hybridized carbons (Fsp3) is 0.222. The summed E-state index contributed by atoms with van der Waals surface area (Å²) in [5, 5.41) is 5.19. The van der Waals surface area contributed by atoms with Crippen LogP contribution in [0.1, 0.15) is 12.5 Å². The zero-order valence-corrected chi connectivity index (χ0v) is 14.5. The molecule has 0 aliphatic carbocycles. The van der Waals surface area contributed by atoms with Crippen molar-refractivity contribution in [2.75, 3.05) is 17.6 Å². The van der Waals surface area contributed by atoms with Crippen LogP contribution < -0.4 is 10.6 Å². The summed E-state index contributed by atoms with van der Waals surface area (Å²) in [5.74, 6) is -2.06. The van der Waals surface area contributed by atoms with Gasteiger partial charge in [-0.15, -0.1) is 11.8 Å². The minimum atomic E-state index is -0.590. The van der Waals surface area contributed by atoms with E-state index in [2.05, 4.69) is 10.6 Å². The number of rotatable bonds is 7. The van der Waals surface area contributed by atoms with Crippen molar-refractivity contribution >= 4 is 29.3 Å². The fourth-order valence-corrected chi connectivity index (χ4v) is 2.90. The summed E-state index contributed by atoms with van der Waals surface area (Å²) in [6.07, 6.45) is 0.776. The zero-order valence-electron chi connectivity index (χ0n) is 13.6. The standard InChI is InChI=1S/C18H18F2N2O2S/c1-2-12-5-3-4-6-15(12)22-17(23)10-21-18(24)11-25-16-9-13(19)7-8-14(16)20/h3-9H,2,10-11H2,1H3,(H,21,24)(H,22,23). The third kappa shape index (κ3) is 5.86. The molecule has 0 bridgehead atoms. The monoisotopic (exact) mass is 364 g/mol. The first kappa shape index (κ1) is 18.9. The Balaban J connectivity index is 1.79. The van der Waals surface area contributed by atoms with Gasteiger partial charge in [-0.1, -0.05) is 25.1 Å². The Morgan fingerprint density at radius 3 is 2.60 bits per heavy atom. The Morgan fingerprint density at radius 1 is 1.08 bits per heavy atom. The maximum absolute atomic E-state index is 13.5. The zero-order chi connectivity index (χ0) is 18.2. The molecule has 7 heteroatoms. The minimum absolute atomic E-state index is 0.0523. The van der Waals surface area contributed by atoms with E-state index in [1.807, 2.05) is 25.1 Å². The summed E-state index contributed by atoms with van der Waals surface area (Å²) in [6.45, 7) is 1.79. The molecule has 0 heterocycles. The van der Waals surface area contributed by atoms with Crippen molar-refractivity contribution in [1.82, 2.24) is 5.32 Å². The van der Waals surface area contributed by atoms with Crippen LogP contribution in [-0.4, -0.2) is 24.1 Å². The summed E-state index contributed by atoms with van der Waals surface area (Å²) in [7, 11) is 0. The van der Waals surface area contributed by atoms with Crippen molar-refractivity contribution in [2.45, 2.75) is 18.2 Å². The quantitative estimate of drug-likeness (QED) is 0.741. The van der Waals surface area contributed by atoms with Gasteiger partial charge < -0.3 is 10.6 Å². The molecule has 132 valence electrons. The summed E-state index contributed by atoms with van der Waals surface area (Å²) < 4.78 is 26.5. The van der Waals surface area contributed by atoms with Gasteiger partial charge in [0.05, 0.1) is 12.3 Å². The largest absolute Gasteiger partial charge is 0.346 e. The van der Waals surface area contributed by atoms with Gasteiger partial charge in [-0.2, -0.15) is 0 Å². The number of thioether (sulfide) groups is 1. The summed E-state index contributed by atoms with van der Waals surface area (Å²) >= 11 is 0.872. The van der Waals surface area contributed by atoms with Crippen molar-refractivity contribution in [2.24, 2.45) is 0 Å². The Bertz CT molecular complexity index is 768. The highest BCUT2D eigenvalue weighted by Gasteiger charge is 2.10. The Labute approximate surface area is 149 Å². The van der Waals surface area contributed by atoms with E-state index in [4.69, 9.17) is 0 Å². The van der Waals surface area contributed by atoms with E-state index in [-0.39, 0.29) is 23.1 Å². The predicted molar refractivity (Wildman–Crippen MR) is 94.5 cm³/mol. The number of amides is 2. The van der Waals surface area contributed by atoms with Crippen LogP contribution in [0.2, 0.25) is 0 Å². The van der Waals surface area contributed by atoms with Crippen LogP contribution in [0.5, 0.6) is 0 Å². The highest BCUT2D eigenvalue weighted by atomic mass is 32.2. The third-order valence-corrected chi connectivity index (χ3v) is 4.40. The Kier molecular flexibility index (Phi) is 6.94. The number of hydrogen-bond acceptors (Lipinski definition) is 3. The van der Waals surface area contributed by atoms with E-state index in [1.54, 1.807) is 6.07 Å². The van der Waals surface area contributed by atoms with E-state index in [0.29, 0.717) is 5.69 Å². The van der Waals surface area contributed by atoms with Crippen molar-refractivity contribution in [3.8, 4) is 0 Å². The molecular weight excluding hydrogens is 346 g/mol. The molecule has 25 heavy (non-hydrogen) atoms. The van der Waals surface area contributed by atoms with Gasteiger partial charge in [-0.3, -0.25) is 9.59 Å². The molecule has 0 aliphatic rings. The molecular formula is C18H18F2N2O2S.